The molecule has 0 aliphatic carbocycles. The molecule has 0 heterocycles. The predicted octanol–water partition coefficient (Wildman–Crippen LogP) is 3.46. The van der Waals surface area contributed by atoms with E-state index in [0.29, 0.717) is 0 Å². The van der Waals surface area contributed by atoms with Gasteiger partial charge >= 0.3 is 0 Å². The molecule has 0 spiro atoms. The van der Waals surface area contributed by atoms with E-state index in [2.05, 4.69) is 51.2 Å². The van der Waals surface area contributed by atoms with Crippen LogP contribution in [0, 0.1) is 13.8 Å². The van der Waals surface area contributed by atoms with Gasteiger partial charge in [-0.1, -0.05) is 19.1 Å². The molecule has 96 valence electrons. The van der Waals surface area contributed by atoms with E-state index < -0.39 is 0 Å². The Morgan fingerprint density at radius 3 is 2.71 bits per heavy atom. The average Bonchev–Trinajstić information content (AvgIpc) is 2.29. The van der Waals surface area contributed by atoms with Gasteiger partial charge in [-0.2, -0.15) is 0 Å². The summed E-state index contributed by atoms with van der Waals surface area (Å²) in [6.45, 7) is 10.6. The third-order valence-electron chi connectivity index (χ3n) is 2.83. The highest BCUT2D eigenvalue weighted by atomic mass is 16.5. The van der Waals surface area contributed by atoms with Crippen molar-refractivity contribution in [1.29, 1.82) is 0 Å². The summed E-state index contributed by atoms with van der Waals surface area (Å²) in [5.41, 5.74) is 2.46. The summed E-state index contributed by atoms with van der Waals surface area (Å²) in [7, 11) is 0. The first-order chi connectivity index (χ1) is 8.13. The molecule has 17 heavy (non-hydrogen) atoms. The zero-order chi connectivity index (χ0) is 12.7. The molecule has 0 amide bonds. The number of rotatable bonds is 7. The molecule has 0 saturated carbocycles. The van der Waals surface area contributed by atoms with E-state index in [1.807, 2.05) is 0 Å². The molecule has 1 aromatic carbocycles. The molecule has 0 bridgehead atoms. The molecular formula is C15H25NO. The Balaban J connectivity index is 2.39. The third kappa shape index (κ3) is 5.22. The largest absolute Gasteiger partial charge is 0.490 e. The molecule has 1 atom stereocenters. The number of nitrogens with one attached hydrogen (secondary N) is 1. The monoisotopic (exact) mass is 235 g/mol. The second-order valence-electron chi connectivity index (χ2n) is 4.74. The molecule has 1 unspecified atom stereocenters. The summed E-state index contributed by atoms with van der Waals surface area (Å²) >= 11 is 0. The highest BCUT2D eigenvalue weighted by Crippen LogP contribution is 2.20. The van der Waals surface area contributed by atoms with Crippen molar-refractivity contribution in [1.82, 2.24) is 5.32 Å². The lowest BCUT2D eigenvalue weighted by atomic mass is 10.1. The molecule has 2 heteroatoms. The molecule has 0 radical (unpaired) electrons. The van der Waals surface area contributed by atoms with Crippen LogP contribution >= 0.6 is 0 Å². The molecule has 0 aliphatic rings. The molecule has 0 saturated heterocycles. The van der Waals surface area contributed by atoms with Crippen LogP contribution in [0.5, 0.6) is 5.75 Å². The van der Waals surface area contributed by atoms with Gasteiger partial charge < -0.3 is 10.1 Å². The molecule has 2 nitrogen and oxygen atoms in total. The van der Waals surface area contributed by atoms with Gasteiger partial charge in [-0.05, 0) is 63.9 Å². The first-order valence-corrected chi connectivity index (χ1v) is 6.58. The van der Waals surface area contributed by atoms with Crippen LogP contribution < -0.4 is 10.1 Å². The fraction of sp³-hybridized carbons (Fsp3) is 0.600. The highest BCUT2D eigenvalue weighted by Gasteiger charge is 2.06. The number of aryl methyl sites for hydroxylation is 2. The predicted molar refractivity (Wildman–Crippen MR) is 73.8 cm³/mol. The standard InChI is InChI=1S/C15H25NO/c1-5-9-16-10-8-14(4)17-15-11-12(2)6-7-13(15)3/h6-7,11,14,16H,5,8-10H2,1-4H3. The highest BCUT2D eigenvalue weighted by molar-refractivity contribution is 5.36. The Kier molecular flexibility index (Phi) is 6.06. The lowest BCUT2D eigenvalue weighted by Crippen LogP contribution is -2.23. The van der Waals surface area contributed by atoms with Gasteiger partial charge in [-0.25, -0.2) is 0 Å². The van der Waals surface area contributed by atoms with Gasteiger partial charge in [0.2, 0.25) is 0 Å². The maximum Gasteiger partial charge on any atom is 0.122 e. The normalized spacial score (nSPS) is 12.5. The fourth-order valence-electron chi connectivity index (χ4n) is 1.72. The minimum Gasteiger partial charge on any atom is -0.490 e. The molecule has 1 aromatic rings. The van der Waals surface area contributed by atoms with Crippen LogP contribution in [-0.4, -0.2) is 19.2 Å². The van der Waals surface area contributed by atoms with Crippen LogP contribution in [0.3, 0.4) is 0 Å². The van der Waals surface area contributed by atoms with Gasteiger partial charge in [0, 0.05) is 0 Å². The van der Waals surface area contributed by atoms with Crippen molar-refractivity contribution in [2.75, 3.05) is 13.1 Å². The Bertz CT molecular complexity index is 336. The van der Waals surface area contributed by atoms with Crippen molar-refractivity contribution in [3.63, 3.8) is 0 Å². The van der Waals surface area contributed by atoms with Crippen LogP contribution in [0.1, 0.15) is 37.8 Å². The van der Waals surface area contributed by atoms with Crippen molar-refractivity contribution in [3.8, 4) is 5.75 Å². The smallest absolute Gasteiger partial charge is 0.122 e. The Morgan fingerprint density at radius 2 is 2.00 bits per heavy atom. The van der Waals surface area contributed by atoms with E-state index in [0.717, 1.165) is 25.3 Å². The SMILES string of the molecule is CCCNCCC(C)Oc1cc(C)ccc1C. The topological polar surface area (TPSA) is 21.3 Å². The molecule has 0 aliphatic heterocycles. The quantitative estimate of drug-likeness (QED) is 0.731. The maximum absolute atomic E-state index is 5.97. The van der Waals surface area contributed by atoms with Gasteiger partial charge in [0.05, 0.1) is 6.10 Å². The van der Waals surface area contributed by atoms with Crippen molar-refractivity contribution in [3.05, 3.63) is 29.3 Å². The molecule has 1 rings (SSSR count). The lowest BCUT2D eigenvalue weighted by Gasteiger charge is -2.17. The van der Waals surface area contributed by atoms with Crippen molar-refractivity contribution in [2.24, 2.45) is 0 Å². The maximum atomic E-state index is 5.97. The summed E-state index contributed by atoms with van der Waals surface area (Å²) in [6.07, 6.45) is 2.50. The number of benzene rings is 1. The van der Waals surface area contributed by atoms with E-state index >= 15 is 0 Å². The number of ether oxygens (including phenoxy) is 1. The van der Waals surface area contributed by atoms with E-state index in [1.54, 1.807) is 0 Å². The Labute approximate surface area is 105 Å². The van der Waals surface area contributed by atoms with Crippen molar-refractivity contribution in [2.45, 2.75) is 46.6 Å². The third-order valence-corrected chi connectivity index (χ3v) is 2.83. The van der Waals surface area contributed by atoms with E-state index in [-0.39, 0.29) is 6.10 Å². The van der Waals surface area contributed by atoms with Crippen molar-refractivity contribution >= 4 is 0 Å². The van der Waals surface area contributed by atoms with E-state index in [4.69, 9.17) is 4.74 Å². The number of hydrogen-bond donors (Lipinski definition) is 1. The Morgan fingerprint density at radius 1 is 1.24 bits per heavy atom. The van der Waals surface area contributed by atoms with Crippen LogP contribution in [0.4, 0.5) is 0 Å². The zero-order valence-electron chi connectivity index (χ0n) is 11.5. The minimum atomic E-state index is 0.264. The first-order valence-electron chi connectivity index (χ1n) is 6.58. The van der Waals surface area contributed by atoms with Gasteiger partial charge in [-0.15, -0.1) is 0 Å². The van der Waals surface area contributed by atoms with E-state index in [9.17, 15) is 0 Å². The van der Waals surface area contributed by atoms with Crippen LogP contribution in [-0.2, 0) is 0 Å². The summed E-state index contributed by atoms with van der Waals surface area (Å²) in [4.78, 5) is 0. The summed E-state index contributed by atoms with van der Waals surface area (Å²) < 4.78 is 5.97. The van der Waals surface area contributed by atoms with Crippen LogP contribution in [0.15, 0.2) is 18.2 Å². The lowest BCUT2D eigenvalue weighted by molar-refractivity contribution is 0.208. The summed E-state index contributed by atoms with van der Waals surface area (Å²) in [5, 5.41) is 3.40. The minimum absolute atomic E-state index is 0.264. The number of hydrogen-bond acceptors (Lipinski definition) is 2. The van der Waals surface area contributed by atoms with Crippen LogP contribution in [0.2, 0.25) is 0 Å². The molecule has 1 N–H and O–H groups in total. The van der Waals surface area contributed by atoms with Gasteiger partial charge in [0.1, 0.15) is 5.75 Å². The summed E-state index contributed by atoms with van der Waals surface area (Å²) in [5.74, 6) is 1.02. The van der Waals surface area contributed by atoms with Gasteiger partial charge in [0.15, 0.2) is 0 Å². The van der Waals surface area contributed by atoms with Gasteiger partial charge in [-0.3, -0.25) is 0 Å². The first kappa shape index (κ1) is 14.0. The molecule has 0 fully saturated rings. The average molecular weight is 235 g/mol. The van der Waals surface area contributed by atoms with Crippen LogP contribution in [0.25, 0.3) is 0 Å². The second kappa shape index (κ2) is 7.33. The Hall–Kier alpha value is -1.02. The summed E-state index contributed by atoms with van der Waals surface area (Å²) in [6, 6.07) is 6.35. The fourth-order valence-corrected chi connectivity index (χ4v) is 1.72. The van der Waals surface area contributed by atoms with Crippen molar-refractivity contribution < 1.29 is 4.74 Å². The van der Waals surface area contributed by atoms with E-state index in [1.165, 1.54) is 17.5 Å². The zero-order valence-corrected chi connectivity index (χ0v) is 11.5. The molecular weight excluding hydrogens is 210 g/mol. The van der Waals surface area contributed by atoms with Gasteiger partial charge in [0.25, 0.3) is 0 Å². The second-order valence-corrected chi connectivity index (χ2v) is 4.74. The molecule has 0 aromatic heterocycles.